The number of nitrogens with one attached hydrogen (secondary N) is 1. The Bertz CT molecular complexity index is 582. The molecule has 1 atom stereocenters. The van der Waals surface area contributed by atoms with Crippen LogP contribution < -0.4 is 5.32 Å². The zero-order valence-corrected chi connectivity index (χ0v) is 11.3. The summed E-state index contributed by atoms with van der Waals surface area (Å²) in [5, 5.41) is 23.5. The van der Waals surface area contributed by atoms with Gasteiger partial charge in [-0.3, -0.25) is 9.78 Å². The molecular formula is C13H16N6O2. The second-order valence-electron chi connectivity index (χ2n) is 5.15. The van der Waals surface area contributed by atoms with Crippen LogP contribution in [0.2, 0.25) is 0 Å². The Labute approximate surface area is 121 Å². The highest BCUT2D eigenvalue weighted by atomic mass is 16.3. The van der Waals surface area contributed by atoms with E-state index >= 15 is 0 Å². The number of aliphatic hydroxyl groups is 1. The van der Waals surface area contributed by atoms with Crippen LogP contribution in [0.3, 0.4) is 0 Å². The van der Waals surface area contributed by atoms with E-state index in [1.807, 2.05) is 18.2 Å². The molecule has 1 saturated carbocycles. The van der Waals surface area contributed by atoms with Gasteiger partial charge in [-0.15, -0.1) is 10.2 Å². The molecule has 21 heavy (non-hydrogen) atoms. The fourth-order valence-electron chi connectivity index (χ4n) is 2.50. The van der Waals surface area contributed by atoms with E-state index in [9.17, 15) is 9.90 Å². The van der Waals surface area contributed by atoms with Crippen LogP contribution in [0.25, 0.3) is 0 Å². The first-order chi connectivity index (χ1) is 10.2. The summed E-state index contributed by atoms with van der Waals surface area (Å²) < 4.78 is 0. The van der Waals surface area contributed by atoms with Crippen molar-refractivity contribution in [3.63, 3.8) is 0 Å². The predicted octanol–water partition coefficient (Wildman–Crippen LogP) is -0.304. The average molecular weight is 288 g/mol. The van der Waals surface area contributed by atoms with Gasteiger partial charge in [-0.25, -0.2) is 0 Å². The Hall–Kier alpha value is -2.35. The molecule has 1 amide bonds. The van der Waals surface area contributed by atoms with Crippen LogP contribution in [0.4, 0.5) is 0 Å². The summed E-state index contributed by atoms with van der Waals surface area (Å²) in [6.45, 7) is 0.0125. The van der Waals surface area contributed by atoms with Gasteiger partial charge < -0.3 is 10.4 Å². The molecule has 2 aromatic heterocycles. The minimum atomic E-state index is -0.282. The molecular weight excluding hydrogens is 272 g/mol. The second kappa shape index (κ2) is 5.96. The molecule has 0 spiro atoms. The largest absolute Gasteiger partial charge is 0.393 e. The van der Waals surface area contributed by atoms with Gasteiger partial charge in [0.25, 0.3) is 0 Å². The average Bonchev–Trinajstić information content (AvgIpc) is 2.95. The molecule has 0 aromatic carbocycles. The molecule has 3 rings (SSSR count). The Morgan fingerprint density at radius 3 is 2.95 bits per heavy atom. The number of rotatable bonds is 5. The highest BCUT2D eigenvalue weighted by Gasteiger charge is 2.36. The van der Waals surface area contributed by atoms with Crippen LogP contribution in [0.1, 0.15) is 24.6 Å². The van der Waals surface area contributed by atoms with E-state index in [0.29, 0.717) is 12.8 Å². The van der Waals surface area contributed by atoms with Crippen molar-refractivity contribution in [2.24, 2.45) is 5.92 Å². The van der Waals surface area contributed by atoms with Gasteiger partial charge in [0.1, 0.15) is 6.54 Å². The van der Waals surface area contributed by atoms with Crippen LogP contribution in [-0.2, 0) is 11.3 Å². The third kappa shape index (κ3) is 3.22. The van der Waals surface area contributed by atoms with Crippen molar-refractivity contribution >= 4 is 5.91 Å². The van der Waals surface area contributed by atoms with Crippen LogP contribution in [0, 0.1) is 5.92 Å². The third-order valence-corrected chi connectivity index (χ3v) is 3.62. The number of carbonyl (C=O) groups is 1. The maximum absolute atomic E-state index is 12.1. The van der Waals surface area contributed by atoms with E-state index in [0.717, 1.165) is 5.69 Å². The first kappa shape index (κ1) is 13.6. The molecule has 8 nitrogen and oxygen atoms in total. The number of aromatic nitrogens is 5. The smallest absolute Gasteiger partial charge is 0.244 e. The zero-order valence-electron chi connectivity index (χ0n) is 11.3. The third-order valence-electron chi connectivity index (χ3n) is 3.62. The van der Waals surface area contributed by atoms with E-state index < -0.39 is 0 Å². The van der Waals surface area contributed by atoms with Gasteiger partial charge in [0.2, 0.25) is 5.91 Å². The molecule has 1 aliphatic carbocycles. The van der Waals surface area contributed by atoms with Crippen molar-refractivity contribution in [1.29, 1.82) is 0 Å². The Morgan fingerprint density at radius 2 is 2.33 bits per heavy atom. The van der Waals surface area contributed by atoms with E-state index in [1.165, 1.54) is 11.1 Å². The van der Waals surface area contributed by atoms with Crippen LogP contribution in [0.5, 0.6) is 0 Å². The molecule has 0 aliphatic heterocycles. The Morgan fingerprint density at radius 1 is 1.48 bits per heavy atom. The summed E-state index contributed by atoms with van der Waals surface area (Å²) >= 11 is 0. The van der Waals surface area contributed by atoms with E-state index in [-0.39, 0.29) is 30.5 Å². The van der Waals surface area contributed by atoms with Crippen molar-refractivity contribution in [2.45, 2.75) is 31.5 Å². The van der Waals surface area contributed by atoms with Crippen LogP contribution >= 0.6 is 0 Å². The highest BCUT2D eigenvalue weighted by molar-refractivity contribution is 5.76. The topological polar surface area (TPSA) is 106 Å². The summed E-state index contributed by atoms with van der Waals surface area (Å²) in [6, 6.07) is 5.39. The number of pyridine rings is 1. The van der Waals surface area contributed by atoms with E-state index in [4.69, 9.17) is 0 Å². The molecule has 0 saturated heterocycles. The standard InChI is InChI=1S/C13H16N6O2/c20-10-5-9(6-10)13(11-3-1-2-4-14-11)17-12(21)7-19-16-8-15-18-19/h1-4,8-10,13,20H,5-7H2,(H,17,21)/t9?,10?,13-/m1/s1. The van der Waals surface area contributed by atoms with Gasteiger partial charge in [-0.05, 0) is 36.1 Å². The summed E-state index contributed by atoms with van der Waals surface area (Å²) in [4.78, 5) is 17.6. The first-order valence-corrected chi connectivity index (χ1v) is 6.81. The lowest BCUT2D eigenvalue weighted by Crippen LogP contribution is -2.42. The number of hydrogen-bond acceptors (Lipinski definition) is 6. The second-order valence-corrected chi connectivity index (χ2v) is 5.15. The Kier molecular flexibility index (Phi) is 3.87. The quantitative estimate of drug-likeness (QED) is 0.782. The van der Waals surface area contributed by atoms with Crippen molar-refractivity contribution in [3.05, 3.63) is 36.4 Å². The monoisotopic (exact) mass is 288 g/mol. The number of aliphatic hydroxyl groups excluding tert-OH is 1. The van der Waals surface area contributed by atoms with Crippen molar-refractivity contribution in [1.82, 2.24) is 30.5 Å². The normalized spacial score (nSPS) is 22.3. The zero-order chi connectivity index (χ0) is 14.7. The first-order valence-electron chi connectivity index (χ1n) is 6.81. The van der Waals surface area contributed by atoms with Crippen molar-refractivity contribution < 1.29 is 9.90 Å². The number of tetrazole rings is 1. The van der Waals surface area contributed by atoms with Crippen molar-refractivity contribution in [3.8, 4) is 0 Å². The van der Waals surface area contributed by atoms with Gasteiger partial charge >= 0.3 is 0 Å². The molecule has 2 N–H and O–H groups in total. The minimum absolute atomic E-state index is 0.0125. The summed E-state index contributed by atoms with van der Waals surface area (Å²) in [7, 11) is 0. The molecule has 110 valence electrons. The number of hydrogen-bond donors (Lipinski definition) is 2. The number of amides is 1. The molecule has 0 unspecified atom stereocenters. The summed E-state index contributed by atoms with van der Waals surface area (Å²) in [5.41, 5.74) is 0.800. The summed E-state index contributed by atoms with van der Waals surface area (Å²) in [6.07, 6.45) is 4.04. The van der Waals surface area contributed by atoms with Crippen molar-refractivity contribution in [2.75, 3.05) is 0 Å². The van der Waals surface area contributed by atoms with E-state index in [2.05, 4.69) is 25.7 Å². The lowest BCUT2D eigenvalue weighted by molar-refractivity contribution is -0.124. The molecule has 1 fully saturated rings. The van der Waals surface area contributed by atoms with E-state index in [1.54, 1.807) is 6.20 Å². The molecule has 2 heterocycles. The fourth-order valence-corrected chi connectivity index (χ4v) is 2.50. The van der Waals surface area contributed by atoms with Gasteiger partial charge in [-0.2, -0.15) is 4.80 Å². The van der Waals surface area contributed by atoms with Crippen LogP contribution in [-0.4, -0.2) is 42.3 Å². The fraction of sp³-hybridized carbons (Fsp3) is 0.462. The Balaban J connectivity index is 1.69. The number of nitrogens with zero attached hydrogens (tertiary/aromatic N) is 5. The highest BCUT2D eigenvalue weighted by Crippen LogP contribution is 2.37. The lowest BCUT2D eigenvalue weighted by Gasteiger charge is -2.37. The lowest BCUT2D eigenvalue weighted by atomic mass is 9.76. The minimum Gasteiger partial charge on any atom is -0.393 e. The maximum atomic E-state index is 12.1. The molecule has 2 aromatic rings. The number of carbonyl (C=O) groups excluding carboxylic acids is 1. The van der Waals surface area contributed by atoms with Gasteiger partial charge in [0.05, 0.1) is 17.8 Å². The maximum Gasteiger partial charge on any atom is 0.244 e. The SMILES string of the molecule is O=C(Cn1ncnn1)N[C@@H](c1ccccn1)C1CC(O)C1. The molecule has 0 bridgehead atoms. The molecule has 0 radical (unpaired) electrons. The molecule has 8 heteroatoms. The van der Waals surface area contributed by atoms with Gasteiger partial charge in [0.15, 0.2) is 6.33 Å². The predicted molar refractivity (Wildman–Crippen MR) is 71.7 cm³/mol. The van der Waals surface area contributed by atoms with Gasteiger partial charge in [-0.1, -0.05) is 6.07 Å². The van der Waals surface area contributed by atoms with Crippen LogP contribution in [0.15, 0.2) is 30.7 Å². The van der Waals surface area contributed by atoms with Gasteiger partial charge in [0, 0.05) is 6.20 Å². The summed E-state index contributed by atoms with van der Waals surface area (Å²) in [5.74, 6) is -0.00685. The molecule has 1 aliphatic rings.